The molecule has 1 rings (SSSR count). The predicted molar refractivity (Wildman–Crippen MR) is 84.0 cm³/mol. The molecule has 0 aromatic heterocycles. The summed E-state index contributed by atoms with van der Waals surface area (Å²) in [5.41, 5.74) is 0.857. The number of hydrogen-bond donors (Lipinski definition) is 3. The molecule has 1 aromatic rings. The van der Waals surface area contributed by atoms with Gasteiger partial charge in [-0.3, -0.25) is 4.79 Å². The Balaban J connectivity index is 2.69. The van der Waals surface area contributed by atoms with Crippen LogP contribution in [-0.4, -0.2) is 43.2 Å². The number of aliphatic carboxylic acids is 1. The van der Waals surface area contributed by atoms with Crippen molar-refractivity contribution < 1.29 is 19.4 Å². The van der Waals surface area contributed by atoms with Crippen LogP contribution in [0.25, 0.3) is 0 Å². The van der Waals surface area contributed by atoms with Crippen molar-refractivity contribution in [3.8, 4) is 5.75 Å². The van der Waals surface area contributed by atoms with Gasteiger partial charge in [0.2, 0.25) is 0 Å². The standard InChI is InChI=1S/C16H24N2O4/c1-10(2)14(18-4)16(21)22-12-7-5-11(6-8-12)9-13(17-3)15(19)20/h5-8,10,13-14,17-18H,9H2,1-4H3,(H,19,20)/t13-,14-/m0/s1. The van der Waals surface area contributed by atoms with Crippen LogP contribution in [0.2, 0.25) is 0 Å². The first kappa shape index (κ1) is 18.1. The van der Waals surface area contributed by atoms with Gasteiger partial charge in [0.25, 0.3) is 0 Å². The summed E-state index contributed by atoms with van der Waals surface area (Å²) < 4.78 is 5.33. The highest BCUT2D eigenvalue weighted by molar-refractivity contribution is 5.78. The zero-order valence-electron chi connectivity index (χ0n) is 13.4. The van der Waals surface area contributed by atoms with Crippen LogP contribution < -0.4 is 15.4 Å². The minimum atomic E-state index is -0.896. The first-order chi connectivity index (χ1) is 10.4. The quantitative estimate of drug-likeness (QED) is 0.491. The zero-order valence-corrected chi connectivity index (χ0v) is 13.4. The second kappa shape index (κ2) is 8.51. The Morgan fingerprint density at radius 3 is 2.14 bits per heavy atom. The first-order valence-corrected chi connectivity index (χ1v) is 7.27. The van der Waals surface area contributed by atoms with Crippen LogP contribution in [0.1, 0.15) is 19.4 Å². The van der Waals surface area contributed by atoms with Crippen molar-refractivity contribution >= 4 is 11.9 Å². The fraction of sp³-hybridized carbons (Fsp3) is 0.500. The summed E-state index contributed by atoms with van der Waals surface area (Å²) in [5.74, 6) is -0.648. The Labute approximate surface area is 130 Å². The van der Waals surface area contributed by atoms with Crippen molar-refractivity contribution in [3.05, 3.63) is 29.8 Å². The van der Waals surface area contributed by atoms with Crippen molar-refractivity contribution in [2.75, 3.05) is 14.1 Å². The maximum absolute atomic E-state index is 12.0. The highest BCUT2D eigenvalue weighted by Crippen LogP contribution is 2.15. The molecule has 0 aliphatic rings. The number of nitrogens with one attached hydrogen (secondary N) is 2. The molecule has 0 saturated heterocycles. The zero-order chi connectivity index (χ0) is 16.7. The molecule has 3 N–H and O–H groups in total. The number of carbonyl (C=O) groups excluding carboxylic acids is 1. The molecular formula is C16H24N2O4. The molecule has 0 aliphatic heterocycles. The Kier molecular flexibility index (Phi) is 7.01. The highest BCUT2D eigenvalue weighted by Gasteiger charge is 2.22. The van der Waals surface area contributed by atoms with Crippen LogP contribution >= 0.6 is 0 Å². The fourth-order valence-electron chi connectivity index (χ4n) is 2.15. The molecular weight excluding hydrogens is 284 g/mol. The lowest BCUT2D eigenvalue weighted by Crippen LogP contribution is -2.41. The Morgan fingerprint density at radius 1 is 1.14 bits per heavy atom. The van der Waals surface area contributed by atoms with Crippen LogP contribution in [0.5, 0.6) is 5.75 Å². The average molecular weight is 308 g/mol. The van der Waals surface area contributed by atoms with Gasteiger partial charge >= 0.3 is 11.9 Å². The molecule has 0 amide bonds. The highest BCUT2D eigenvalue weighted by atomic mass is 16.5. The second-order valence-corrected chi connectivity index (χ2v) is 5.46. The first-order valence-electron chi connectivity index (χ1n) is 7.27. The van der Waals surface area contributed by atoms with Gasteiger partial charge in [-0.15, -0.1) is 0 Å². The Hall–Kier alpha value is -1.92. The Bertz CT molecular complexity index is 499. The number of benzene rings is 1. The summed E-state index contributed by atoms with van der Waals surface area (Å²) in [5, 5.41) is 14.7. The van der Waals surface area contributed by atoms with E-state index in [0.29, 0.717) is 12.2 Å². The lowest BCUT2D eigenvalue weighted by atomic mass is 10.0. The van der Waals surface area contributed by atoms with Crippen LogP contribution in [0.15, 0.2) is 24.3 Å². The summed E-state index contributed by atoms with van der Waals surface area (Å²) in [6.07, 6.45) is 0.366. The lowest BCUT2D eigenvalue weighted by Gasteiger charge is -2.18. The smallest absolute Gasteiger partial charge is 0.328 e. The molecule has 0 bridgehead atoms. The van der Waals surface area contributed by atoms with Gasteiger partial charge in [0.1, 0.15) is 17.8 Å². The van der Waals surface area contributed by atoms with Crippen molar-refractivity contribution in [3.63, 3.8) is 0 Å². The van der Waals surface area contributed by atoms with Crippen LogP contribution in [0, 0.1) is 5.92 Å². The van der Waals surface area contributed by atoms with Gasteiger partial charge in [0.15, 0.2) is 0 Å². The molecule has 1 aromatic carbocycles. The van der Waals surface area contributed by atoms with Crippen molar-refractivity contribution in [2.24, 2.45) is 5.92 Å². The minimum Gasteiger partial charge on any atom is -0.480 e. The van der Waals surface area contributed by atoms with Gasteiger partial charge in [-0.1, -0.05) is 26.0 Å². The van der Waals surface area contributed by atoms with Gasteiger partial charge in [0, 0.05) is 0 Å². The SMILES string of the molecule is CN[C@@H](Cc1ccc(OC(=O)[C@@H](NC)C(C)C)cc1)C(=O)O. The number of carbonyl (C=O) groups is 2. The van der Waals surface area contributed by atoms with E-state index in [-0.39, 0.29) is 17.9 Å². The van der Waals surface area contributed by atoms with E-state index in [9.17, 15) is 9.59 Å². The molecule has 0 saturated carbocycles. The molecule has 0 heterocycles. The summed E-state index contributed by atoms with van der Waals surface area (Å²) in [6, 6.07) is 5.88. The van der Waals surface area contributed by atoms with Crippen molar-refractivity contribution in [2.45, 2.75) is 32.4 Å². The van der Waals surface area contributed by atoms with Crippen LogP contribution in [0.3, 0.4) is 0 Å². The molecule has 0 spiro atoms. The van der Waals surface area contributed by atoms with Gasteiger partial charge in [-0.25, -0.2) is 4.79 Å². The molecule has 6 heteroatoms. The number of likely N-dealkylation sites (N-methyl/N-ethyl adjacent to an activating group) is 2. The minimum absolute atomic E-state index is 0.128. The summed E-state index contributed by atoms with van der Waals surface area (Å²) in [6.45, 7) is 3.88. The van der Waals surface area contributed by atoms with E-state index < -0.39 is 12.0 Å². The third-order valence-corrected chi connectivity index (χ3v) is 3.46. The van der Waals surface area contributed by atoms with E-state index in [2.05, 4.69) is 10.6 Å². The van der Waals surface area contributed by atoms with Crippen molar-refractivity contribution in [1.82, 2.24) is 10.6 Å². The number of hydrogen-bond acceptors (Lipinski definition) is 5. The summed E-state index contributed by atoms with van der Waals surface area (Å²) in [4.78, 5) is 23.0. The number of carboxylic acids is 1. The maximum atomic E-state index is 12.0. The third-order valence-electron chi connectivity index (χ3n) is 3.46. The number of esters is 1. The van der Waals surface area contributed by atoms with Crippen LogP contribution in [-0.2, 0) is 16.0 Å². The third kappa shape index (κ3) is 5.13. The average Bonchev–Trinajstić information content (AvgIpc) is 2.46. The van der Waals surface area contributed by atoms with E-state index >= 15 is 0 Å². The Morgan fingerprint density at radius 2 is 1.73 bits per heavy atom. The summed E-state index contributed by atoms with van der Waals surface area (Å²) >= 11 is 0. The molecule has 0 fully saturated rings. The monoisotopic (exact) mass is 308 g/mol. The van der Waals surface area contributed by atoms with Gasteiger partial charge in [-0.05, 0) is 44.1 Å². The largest absolute Gasteiger partial charge is 0.480 e. The second-order valence-electron chi connectivity index (χ2n) is 5.46. The fourth-order valence-corrected chi connectivity index (χ4v) is 2.15. The maximum Gasteiger partial charge on any atom is 0.328 e. The molecule has 2 atom stereocenters. The molecule has 0 aliphatic carbocycles. The predicted octanol–water partition coefficient (Wildman–Crippen LogP) is 1.05. The van der Waals surface area contributed by atoms with Crippen LogP contribution in [0.4, 0.5) is 0 Å². The number of carboxylic acid groups (broad SMARTS) is 1. The molecule has 0 unspecified atom stereocenters. The molecule has 122 valence electrons. The van der Waals surface area contributed by atoms with Gasteiger partial charge < -0.3 is 20.5 Å². The van der Waals surface area contributed by atoms with E-state index in [1.54, 1.807) is 38.4 Å². The van der Waals surface area contributed by atoms with E-state index in [1.807, 2.05) is 13.8 Å². The van der Waals surface area contributed by atoms with E-state index in [1.165, 1.54) is 0 Å². The number of rotatable bonds is 8. The van der Waals surface area contributed by atoms with Gasteiger partial charge in [-0.2, -0.15) is 0 Å². The van der Waals surface area contributed by atoms with E-state index in [4.69, 9.17) is 9.84 Å². The number of ether oxygens (including phenoxy) is 1. The summed E-state index contributed by atoms with van der Waals surface area (Å²) in [7, 11) is 3.33. The molecule has 22 heavy (non-hydrogen) atoms. The van der Waals surface area contributed by atoms with E-state index in [0.717, 1.165) is 5.56 Å². The molecule has 0 radical (unpaired) electrons. The topological polar surface area (TPSA) is 87.7 Å². The molecule has 6 nitrogen and oxygen atoms in total. The van der Waals surface area contributed by atoms with Gasteiger partial charge in [0.05, 0.1) is 0 Å². The van der Waals surface area contributed by atoms with Crippen molar-refractivity contribution in [1.29, 1.82) is 0 Å². The normalized spacial score (nSPS) is 13.7. The lowest BCUT2D eigenvalue weighted by molar-refractivity contribution is -0.139.